The number of ether oxygens (including phenoxy) is 2. The van der Waals surface area contributed by atoms with Gasteiger partial charge in [-0.2, -0.15) is 0 Å². The van der Waals surface area contributed by atoms with Crippen LogP contribution >= 0.6 is 0 Å². The fourth-order valence-electron chi connectivity index (χ4n) is 3.23. The molecule has 2 aromatic carbocycles. The van der Waals surface area contributed by atoms with Gasteiger partial charge in [0.15, 0.2) is 6.61 Å². The van der Waals surface area contributed by atoms with Gasteiger partial charge in [0.25, 0.3) is 5.91 Å². The number of nitrogens with one attached hydrogen (secondary N) is 1. The average molecular weight is 441 g/mol. The van der Waals surface area contributed by atoms with E-state index in [4.69, 9.17) is 9.47 Å². The van der Waals surface area contributed by atoms with Gasteiger partial charge in [-0.25, -0.2) is 0 Å². The Bertz CT molecular complexity index is 887. The van der Waals surface area contributed by atoms with Gasteiger partial charge < -0.3 is 19.7 Å². The topological polar surface area (TPSA) is 67.9 Å². The van der Waals surface area contributed by atoms with Crippen molar-refractivity contribution < 1.29 is 19.1 Å². The predicted molar refractivity (Wildman–Crippen MR) is 127 cm³/mol. The van der Waals surface area contributed by atoms with E-state index in [1.165, 1.54) is 5.56 Å². The smallest absolute Gasteiger partial charge is 0.261 e. The van der Waals surface area contributed by atoms with Crippen LogP contribution in [0.1, 0.15) is 52.2 Å². The third-order valence-corrected chi connectivity index (χ3v) is 5.29. The third-order valence-electron chi connectivity index (χ3n) is 5.29. The van der Waals surface area contributed by atoms with Crippen LogP contribution in [0.2, 0.25) is 0 Å². The van der Waals surface area contributed by atoms with E-state index in [2.05, 4.69) is 26.1 Å². The summed E-state index contributed by atoms with van der Waals surface area (Å²) in [6.07, 6.45) is 0.829. The second kappa shape index (κ2) is 11.6. The number of rotatable bonds is 10. The molecule has 0 radical (unpaired) electrons. The number of nitrogens with zero attached hydrogens (tertiary/aromatic N) is 1. The molecule has 1 atom stereocenters. The summed E-state index contributed by atoms with van der Waals surface area (Å²) in [5, 5.41) is 2.87. The van der Waals surface area contributed by atoms with E-state index in [0.717, 1.165) is 12.0 Å². The van der Waals surface area contributed by atoms with Crippen molar-refractivity contribution in [3.8, 4) is 11.5 Å². The normalized spacial score (nSPS) is 12.1. The van der Waals surface area contributed by atoms with E-state index in [1.807, 2.05) is 55.5 Å². The molecule has 0 unspecified atom stereocenters. The van der Waals surface area contributed by atoms with Gasteiger partial charge in [-0.05, 0) is 54.2 Å². The van der Waals surface area contributed by atoms with E-state index in [1.54, 1.807) is 18.9 Å². The predicted octanol–water partition coefficient (Wildman–Crippen LogP) is 4.32. The van der Waals surface area contributed by atoms with E-state index < -0.39 is 6.04 Å². The summed E-state index contributed by atoms with van der Waals surface area (Å²) in [4.78, 5) is 27.3. The molecule has 2 aromatic rings. The lowest BCUT2D eigenvalue weighted by Gasteiger charge is -2.29. The van der Waals surface area contributed by atoms with Gasteiger partial charge in [-0.3, -0.25) is 9.59 Å². The van der Waals surface area contributed by atoms with E-state index in [0.29, 0.717) is 18.0 Å². The molecular formula is C26H36N2O4. The Hall–Kier alpha value is -3.02. The standard InChI is InChI=1S/C26H36N2O4/c1-7-15-27-25(30)19(2)28(17-20-9-8-10-23(16-20)31-6)24(29)18-32-22-13-11-21(12-14-22)26(3,4)5/h8-14,16,19H,7,15,17-18H2,1-6H3,(H,27,30)/t19-/m0/s1. The highest BCUT2D eigenvalue weighted by Crippen LogP contribution is 2.24. The number of hydrogen-bond acceptors (Lipinski definition) is 4. The van der Waals surface area contributed by atoms with Crippen LogP contribution < -0.4 is 14.8 Å². The summed E-state index contributed by atoms with van der Waals surface area (Å²) in [5.41, 5.74) is 2.11. The first-order valence-electron chi connectivity index (χ1n) is 11.1. The van der Waals surface area contributed by atoms with Crippen molar-refractivity contribution in [2.75, 3.05) is 20.3 Å². The summed E-state index contributed by atoms with van der Waals surface area (Å²) in [6.45, 7) is 10.9. The molecule has 6 heteroatoms. The van der Waals surface area contributed by atoms with E-state index in [-0.39, 0.29) is 30.4 Å². The molecule has 0 aromatic heterocycles. The minimum absolute atomic E-state index is 0.0448. The van der Waals surface area contributed by atoms with Gasteiger partial charge in [0.2, 0.25) is 5.91 Å². The third kappa shape index (κ3) is 7.29. The molecule has 0 aliphatic heterocycles. The zero-order valence-electron chi connectivity index (χ0n) is 20.1. The van der Waals surface area contributed by atoms with Crippen LogP contribution in [0.4, 0.5) is 0 Å². The molecule has 2 amide bonds. The molecular weight excluding hydrogens is 404 g/mol. The summed E-state index contributed by atoms with van der Waals surface area (Å²) in [7, 11) is 1.60. The van der Waals surface area contributed by atoms with Crippen molar-refractivity contribution in [3.05, 3.63) is 59.7 Å². The van der Waals surface area contributed by atoms with Crippen LogP contribution in [-0.4, -0.2) is 43.0 Å². The summed E-state index contributed by atoms with van der Waals surface area (Å²) >= 11 is 0. The largest absolute Gasteiger partial charge is 0.497 e. The minimum atomic E-state index is -0.632. The first-order valence-corrected chi connectivity index (χ1v) is 11.1. The highest BCUT2D eigenvalue weighted by Gasteiger charge is 2.26. The number of benzene rings is 2. The maximum absolute atomic E-state index is 13.1. The zero-order chi connectivity index (χ0) is 23.7. The summed E-state index contributed by atoms with van der Waals surface area (Å²) < 4.78 is 11.1. The molecule has 0 bridgehead atoms. The molecule has 0 spiro atoms. The fraction of sp³-hybridized carbons (Fsp3) is 0.462. The maximum atomic E-state index is 13.1. The van der Waals surface area contributed by atoms with E-state index in [9.17, 15) is 9.59 Å². The summed E-state index contributed by atoms with van der Waals surface area (Å²) in [6, 6.07) is 14.6. The highest BCUT2D eigenvalue weighted by atomic mass is 16.5. The maximum Gasteiger partial charge on any atom is 0.261 e. The summed E-state index contributed by atoms with van der Waals surface area (Å²) in [5.74, 6) is 0.883. The van der Waals surface area contributed by atoms with Crippen LogP contribution in [0.15, 0.2) is 48.5 Å². The van der Waals surface area contributed by atoms with Crippen molar-refractivity contribution in [3.63, 3.8) is 0 Å². The minimum Gasteiger partial charge on any atom is -0.497 e. The molecule has 0 heterocycles. The SMILES string of the molecule is CCCNC(=O)[C@H](C)N(Cc1cccc(OC)c1)C(=O)COc1ccc(C(C)(C)C)cc1. The second-order valence-corrected chi connectivity index (χ2v) is 8.90. The van der Waals surface area contributed by atoms with Crippen molar-refractivity contribution >= 4 is 11.8 Å². The van der Waals surface area contributed by atoms with Crippen molar-refractivity contribution in [1.82, 2.24) is 10.2 Å². The monoisotopic (exact) mass is 440 g/mol. The van der Waals surface area contributed by atoms with Crippen LogP contribution in [0, 0.1) is 0 Å². The Labute approximate surface area is 191 Å². The molecule has 0 aliphatic rings. The molecule has 0 saturated carbocycles. The van der Waals surface area contributed by atoms with Crippen LogP contribution in [-0.2, 0) is 21.5 Å². The number of carbonyl (C=O) groups excluding carboxylic acids is 2. The molecule has 0 saturated heterocycles. The first kappa shape index (κ1) is 25.2. The van der Waals surface area contributed by atoms with Crippen LogP contribution in [0.5, 0.6) is 11.5 Å². The molecule has 174 valence electrons. The van der Waals surface area contributed by atoms with Crippen LogP contribution in [0.25, 0.3) is 0 Å². The molecule has 32 heavy (non-hydrogen) atoms. The quantitative estimate of drug-likeness (QED) is 0.598. The Morgan fingerprint density at radius 1 is 1.06 bits per heavy atom. The van der Waals surface area contributed by atoms with Gasteiger partial charge in [0, 0.05) is 13.1 Å². The van der Waals surface area contributed by atoms with Crippen LogP contribution in [0.3, 0.4) is 0 Å². The molecule has 1 N–H and O–H groups in total. The molecule has 2 rings (SSSR count). The Morgan fingerprint density at radius 3 is 2.34 bits per heavy atom. The molecule has 0 fully saturated rings. The Morgan fingerprint density at radius 2 is 1.75 bits per heavy atom. The van der Waals surface area contributed by atoms with Gasteiger partial charge in [0.1, 0.15) is 17.5 Å². The number of methoxy groups -OCH3 is 1. The molecule has 0 aliphatic carbocycles. The lowest BCUT2D eigenvalue weighted by Crippen LogP contribution is -2.49. The van der Waals surface area contributed by atoms with Crippen molar-refractivity contribution in [2.24, 2.45) is 0 Å². The van der Waals surface area contributed by atoms with Crippen molar-refractivity contribution in [1.29, 1.82) is 0 Å². The highest BCUT2D eigenvalue weighted by molar-refractivity contribution is 5.87. The first-order chi connectivity index (χ1) is 15.2. The van der Waals surface area contributed by atoms with Gasteiger partial charge in [0.05, 0.1) is 7.11 Å². The van der Waals surface area contributed by atoms with Gasteiger partial charge >= 0.3 is 0 Å². The number of carbonyl (C=O) groups is 2. The molecule has 6 nitrogen and oxygen atoms in total. The number of amides is 2. The zero-order valence-corrected chi connectivity index (χ0v) is 20.1. The van der Waals surface area contributed by atoms with Crippen molar-refractivity contribution in [2.45, 2.75) is 59.0 Å². The van der Waals surface area contributed by atoms with Gasteiger partial charge in [-0.15, -0.1) is 0 Å². The lowest BCUT2D eigenvalue weighted by atomic mass is 9.87. The number of hydrogen-bond donors (Lipinski definition) is 1. The van der Waals surface area contributed by atoms with E-state index >= 15 is 0 Å². The Kier molecular flexibility index (Phi) is 9.12. The average Bonchev–Trinajstić information content (AvgIpc) is 2.78. The second-order valence-electron chi connectivity index (χ2n) is 8.90. The lowest BCUT2D eigenvalue weighted by molar-refractivity contribution is -0.142. The Balaban J connectivity index is 2.14. The van der Waals surface area contributed by atoms with Gasteiger partial charge in [-0.1, -0.05) is 52.0 Å². The fourth-order valence-corrected chi connectivity index (χ4v) is 3.23.